The predicted octanol–water partition coefficient (Wildman–Crippen LogP) is 3.54. The zero-order chi connectivity index (χ0) is 27.6. The molecule has 8 nitrogen and oxygen atoms in total. The summed E-state index contributed by atoms with van der Waals surface area (Å²) in [6.45, 7) is 8.39. The Morgan fingerprint density at radius 2 is 1.70 bits per heavy atom. The molecular formula is C29H37N3O5. The lowest BCUT2D eigenvalue weighted by atomic mass is 9.99. The number of alkyl carbamates (subject to hydrolysis) is 1. The highest BCUT2D eigenvalue weighted by Gasteiger charge is 2.38. The second kappa shape index (κ2) is 13.5. The summed E-state index contributed by atoms with van der Waals surface area (Å²) in [5.74, 6) is 1.54. The van der Waals surface area contributed by atoms with Gasteiger partial charge in [0.1, 0.15) is 17.7 Å². The first-order valence-corrected chi connectivity index (χ1v) is 12.3. The molecule has 8 heteroatoms. The van der Waals surface area contributed by atoms with Gasteiger partial charge in [-0.3, -0.25) is 9.59 Å². The highest BCUT2D eigenvalue weighted by molar-refractivity contribution is 5.92. The van der Waals surface area contributed by atoms with Gasteiger partial charge in [0.05, 0.1) is 6.61 Å². The number of nitrogens with zero attached hydrogens (tertiary/aromatic N) is 1. The van der Waals surface area contributed by atoms with Crippen LogP contribution in [0.2, 0.25) is 0 Å². The van der Waals surface area contributed by atoms with Crippen molar-refractivity contribution in [2.45, 2.75) is 71.3 Å². The fourth-order valence-corrected chi connectivity index (χ4v) is 3.69. The van der Waals surface area contributed by atoms with E-state index in [0.717, 1.165) is 5.56 Å². The number of amides is 3. The van der Waals surface area contributed by atoms with Crippen LogP contribution in [0.4, 0.5) is 4.79 Å². The minimum absolute atomic E-state index is 0.265. The van der Waals surface area contributed by atoms with E-state index in [0.29, 0.717) is 17.5 Å². The molecule has 0 spiro atoms. The van der Waals surface area contributed by atoms with Crippen molar-refractivity contribution in [3.05, 3.63) is 71.3 Å². The van der Waals surface area contributed by atoms with Crippen molar-refractivity contribution in [3.8, 4) is 12.3 Å². The number of aliphatic hydroxyl groups excluding tert-OH is 1. The van der Waals surface area contributed by atoms with Crippen molar-refractivity contribution >= 4 is 17.9 Å². The number of carbonyl (C=O) groups excluding carboxylic acids is 3. The summed E-state index contributed by atoms with van der Waals surface area (Å²) >= 11 is 0. The number of ether oxygens (including phenoxy) is 1. The van der Waals surface area contributed by atoms with Crippen molar-refractivity contribution in [2.24, 2.45) is 0 Å². The Kier molecular flexibility index (Phi) is 10.7. The van der Waals surface area contributed by atoms with Crippen molar-refractivity contribution in [2.75, 3.05) is 6.61 Å². The van der Waals surface area contributed by atoms with Crippen LogP contribution < -0.4 is 10.6 Å². The van der Waals surface area contributed by atoms with E-state index in [4.69, 9.17) is 11.2 Å². The maximum Gasteiger partial charge on any atom is 0.408 e. The Bertz CT molecular complexity index is 1090. The predicted molar refractivity (Wildman–Crippen MR) is 142 cm³/mol. The Hall–Kier alpha value is -3.83. The molecular weight excluding hydrogens is 470 g/mol. The third-order valence-electron chi connectivity index (χ3n) is 5.72. The number of carbonyl (C=O) groups is 3. The number of benzene rings is 2. The highest BCUT2D eigenvalue weighted by atomic mass is 16.6. The number of rotatable bonds is 10. The summed E-state index contributed by atoms with van der Waals surface area (Å²) in [6, 6.07) is 13.5. The molecule has 0 aliphatic rings. The summed E-state index contributed by atoms with van der Waals surface area (Å²) < 4.78 is 5.26. The molecule has 0 saturated heterocycles. The van der Waals surface area contributed by atoms with Gasteiger partial charge in [0.15, 0.2) is 0 Å². The molecule has 2 aromatic rings. The lowest BCUT2D eigenvalue weighted by molar-refractivity contribution is -0.145. The van der Waals surface area contributed by atoms with Crippen LogP contribution in [0.5, 0.6) is 0 Å². The third-order valence-corrected chi connectivity index (χ3v) is 5.72. The molecule has 0 radical (unpaired) electrons. The molecule has 0 aromatic heterocycles. The Labute approximate surface area is 219 Å². The fraction of sp³-hybridized carbons (Fsp3) is 0.414. The molecule has 2 rings (SSSR count). The number of hydrogen-bond donors (Lipinski definition) is 3. The standard InChI is InChI=1S/C29H37N3O5/c1-7-20(3)32(27(35)24(19-33)31-28(36)37-29(4,5)6)25(23-16-14-21(8-2)15-17-23)26(34)30-18-22-12-10-9-11-13-22/h2,9-17,20,24-25,33H,7,18-19H2,1,3-6H3,(H,30,34)(H,31,36). The minimum Gasteiger partial charge on any atom is -0.444 e. The number of nitrogens with one attached hydrogen (secondary N) is 2. The van der Waals surface area contributed by atoms with Gasteiger partial charge < -0.3 is 25.4 Å². The lowest BCUT2D eigenvalue weighted by Gasteiger charge is -2.38. The van der Waals surface area contributed by atoms with Gasteiger partial charge in [0.2, 0.25) is 11.8 Å². The van der Waals surface area contributed by atoms with E-state index in [2.05, 4.69) is 16.6 Å². The Morgan fingerprint density at radius 1 is 1.08 bits per heavy atom. The largest absolute Gasteiger partial charge is 0.444 e. The normalized spacial score (nSPS) is 13.4. The monoisotopic (exact) mass is 507 g/mol. The first kappa shape index (κ1) is 29.4. The highest BCUT2D eigenvalue weighted by Crippen LogP contribution is 2.27. The molecule has 0 bridgehead atoms. The van der Waals surface area contributed by atoms with E-state index >= 15 is 0 Å². The van der Waals surface area contributed by atoms with Crippen molar-refractivity contribution in [1.82, 2.24) is 15.5 Å². The fourth-order valence-electron chi connectivity index (χ4n) is 3.69. The van der Waals surface area contributed by atoms with Crippen molar-refractivity contribution in [3.63, 3.8) is 0 Å². The molecule has 0 fully saturated rings. The molecule has 3 amide bonds. The van der Waals surface area contributed by atoms with Gasteiger partial charge in [0.25, 0.3) is 0 Å². The summed E-state index contributed by atoms with van der Waals surface area (Å²) in [6.07, 6.45) is 5.19. The second-order valence-corrected chi connectivity index (χ2v) is 9.76. The second-order valence-electron chi connectivity index (χ2n) is 9.76. The van der Waals surface area contributed by atoms with Crippen LogP contribution >= 0.6 is 0 Å². The molecule has 198 valence electrons. The van der Waals surface area contributed by atoms with Crippen LogP contribution in [-0.4, -0.2) is 52.2 Å². The first-order chi connectivity index (χ1) is 17.5. The summed E-state index contributed by atoms with van der Waals surface area (Å²) in [5.41, 5.74) is 1.29. The molecule has 0 aliphatic carbocycles. The number of aliphatic hydroxyl groups is 1. The van der Waals surface area contributed by atoms with Gasteiger partial charge in [-0.05, 0) is 57.4 Å². The zero-order valence-corrected chi connectivity index (χ0v) is 22.2. The van der Waals surface area contributed by atoms with Gasteiger partial charge in [-0.2, -0.15) is 0 Å². The average molecular weight is 508 g/mol. The van der Waals surface area contributed by atoms with Crippen LogP contribution in [-0.2, 0) is 20.9 Å². The molecule has 0 aliphatic heterocycles. The molecule has 37 heavy (non-hydrogen) atoms. The van der Waals surface area contributed by atoms with Crippen molar-refractivity contribution in [1.29, 1.82) is 0 Å². The molecule has 2 aromatic carbocycles. The quantitative estimate of drug-likeness (QED) is 0.427. The van der Waals surface area contributed by atoms with Crippen LogP contribution in [0.15, 0.2) is 54.6 Å². The van der Waals surface area contributed by atoms with E-state index in [1.54, 1.807) is 45.0 Å². The van der Waals surface area contributed by atoms with E-state index in [-0.39, 0.29) is 6.54 Å². The summed E-state index contributed by atoms with van der Waals surface area (Å²) in [7, 11) is 0. The minimum atomic E-state index is -1.31. The van der Waals surface area contributed by atoms with Gasteiger partial charge >= 0.3 is 6.09 Å². The zero-order valence-electron chi connectivity index (χ0n) is 22.2. The smallest absolute Gasteiger partial charge is 0.408 e. The van der Waals surface area contributed by atoms with E-state index in [1.165, 1.54) is 4.90 Å². The van der Waals surface area contributed by atoms with Crippen LogP contribution in [0.3, 0.4) is 0 Å². The Balaban J connectivity index is 2.44. The van der Waals surface area contributed by atoms with Crippen LogP contribution in [0, 0.1) is 12.3 Å². The third kappa shape index (κ3) is 8.65. The molecule has 3 unspecified atom stereocenters. The van der Waals surface area contributed by atoms with Crippen LogP contribution in [0.1, 0.15) is 63.8 Å². The maximum atomic E-state index is 13.8. The number of hydrogen-bond acceptors (Lipinski definition) is 5. The van der Waals surface area contributed by atoms with Gasteiger partial charge in [-0.1, -0.05) is 55.3 Å². The lowest BCUT2D eigenvalue weighted by Crippen LogP contribution is -2.56. The Morgan fingerprint density at radius 3 is 2.22 bits per heavy atom. The average Bonchev–Trinajstić information content (AvgIpc) is 2.87. The van der Waals surface area contributed by atoms with Gasteiger partial charge in [-0.15, -0.1) is 6.42 Å². The first-order valence-electron chi connectivity index (χ1n) is 12.3. The van der Waals surface area contributed by atoms with E-state index in [9.17, 15) is 19.5 Å². The summed E-state index contributed by atoms with van der Waals surface area (Å²) in [4.78, 5) is 41.2. The molecule has 0 heterocycles. The van der Waals surface area contributed by atoms with Crippen LogP contribution in [0.25, 0.3) is 0 Å². The molecule has 0 saturated carbocycles. The maximum absolute atomic E-state index is 13.8. The van der Waals surface area contributed by atoms with E-state index in [1.807, 2.05) is 44.2 Å². The topological polar surface area (TPSA) is 108 Å². The SMILES string of the molecule is C#Cc1ccc(C(C(=O)NCc2ccccc2)N(C(=O)C(CO)NC(=O)OC(C)(C)C)C(C)CC)cc1. The van der Waals surface area contributed by atoms with Crippen molar-refractivity contribution < 1.29 is 24.2 Å². The van der Waals surface area contributed by atoms with Gasteiger partial charge in [-0.25, -0.2) is 4.79 Å². The molecule has 3 N–H and O–H groups in total. The molecule has 3 atom stereocenters. The van der Waals surface area contributed by atoms with E-state index < -0.39 is 48.2 Å². The number of terminal acetylenes is 1. The summed E-state index contributed by atoms with van der Waals surface area (Å²) in [5, 5.41) is 15.4. The van der Waals surface area contributed by atoms with Gasteiger partial charge in [0, 0.05) is 18.2 Å².